The maximum absolute atomic E-state index is 13.4. The van der Waals surface area contributed by atoms with Crippen LogP contribution in [0, 0.1) is 17.2 Å². The average molecular weight is 236 g/mol. The van der Waals surface area contributed by atoms with Crippen molar-refractivity contribution in [1.29, 1.82) is 0 Å². The first-order valence-corrected chi connectivity index (χ1v) is 5.58. The summed E-state index contributed by atoms with van der Waals surface area (Å²) in [6, 6.07) is 5.73. The van der Waals surface area contributed by atoms with Gasteiger partial charge < -0.3 is 0 Å². The smallest absolute Gasteiger partial charge is 0.175 e. The van der Waals surface area contributed by atoms with Gasteiger partial charge in [-0.2, -0.15) is 0 Å². The molecule has 1 atom stereocenters. The van der Waals surface area contributed by atoms with Gasteiger partial charge in [0.1, 0.15) is 11.6 Å². The Kier molecular flexibility index (Phi) is 3.81. The average Bonchev–Trinajstić information content (AvgIpc) is 2.25. The van der Waals surface area contributed by atoms with E-state index >= 15 is 0 Å². The molecule has 0 saturated heterocycles. The van der Waals surface area contributed by atoms with E-state index in [9.17, 15) is 14.0 Å². The van der Waals surface area contributed by atoms with E-state index in [4.69, 9.17) is 0 Å². The molecule has 1 rings (SSSR count). The molecule has 3 heteroatoms. The lowest BCUT2D eigenvalue weighted by Gasteiger charge is -2.21. The van der Waals surface area contributed by atoms with Crippen molar-refractivity contribution < 1.29 is 14.0 Å². The predicted octanol–water partition coefficient (Wildman–Crippen LogP) is 3.26. The lowest BCUT2D eigenvalue weighted by molar-refractivity contribution is -0.128. The molecule has 0 heterocycles. The molecule has 2 nitrogen and oxygen atoms in total. The summed E-state index contributed by atoms with van der Waals surface area (Å²) in [5, 5.41) is 0. The second-order valence-electron chi connectivity index (χ2n) is 5.18. The summed E-state index contributed by atoms with van der Waals surface area (Å²) in [6.45, 7) is 6.78. The molecule has 0 bridgehead atoms. The Morgan fingerprint density at radius 1 is 1.18 bits per heavy atom. The molecule has 0 aromatic heterocycles. The van der Waals surface area contributed by atoms with Crippen molar-refractivity contribution in [2.24, 2.45) is 11.3 Å². The number of rotatable bonds is 3. The largest absolute Gasteiger partial charge is 0.298 e. The molecule has 1 aromatic carbocycles. The van der Waals surface area contributed by atoms with E-state index in [1.165, 1.54) is 25.1 Å². The molecule has 92 valence electrons. The van der Waals surface area contributed by atoms with Gasteiger partial charge in [0.15, 0.2) is 5.78 Å². The molecule has 0 radical (unpaired) electrons. The van der Waals surface area contributed by atoms with Crippen LogP contribution in [0.3, 0.4) is 0 Å². The van der Waals surface area contributed by atoms with E-state index in [2.05, 4.69) is 0 Å². The standard InChI is InChI=1S/C14H17FO2/c1-9(13(17)14(2,3)4)12(16)10-7-5-6-8-11(10)15/h5-9H,1-4H3. The van der Waals surface area contributed by atoms with Crippen molar-refractivity contribution in [3.8, 4) is 0 Å². The fourth-order valence-corrected chi connectivity index (χ4v) is 1.66. The summed E-state index contributed by atoms with van der Waals surface area (Å²) in [4.78, 5) is 23.9. The first-order chi connectivity index (χ1) is 7.75. The fraction of sp³-hybridized carbons (Fsp3) is 0.429. The molecule has 1 aromatic rings. The molecule has 0 aliphatic heterocycles. The number of carbonyl (C=O) groups is 2. The number of hydrogen-bond acceptors (Lipinski definition) is 2. The maximum Gasteiger partial charge on any atom is 0.175 e. The molecular weight excluding hydrogens is 219 g/mol. The van der Waals surface area contributed by atoms with Gasteiger partial charge >= 0.3 is 0 Å². The molecule has 0 spiro atoms. The van der Waals surface area contributed by atoms with E-state index < -0.39 is 22.9 Å². The van der Waals surface area contributed by atoms with Crippen LogP contribution in [0.4, 0.5) is 4.39 Å². The van der Waals surface area contributed by atoms with E-state index in [1.54, 1.807) is 26.8 Å². The van der Waals surface area contributed by atoms with Crippen LogP contribution in [0.15, 0.2) is 24.3 Å². The van der Waals surface area contributed by atoms with Crippen molar-refractivity contribution in [3.05, 3.63) is 35.6 Å². The summed E-state index contributed by atoms with van der Waals surface area (Å²) in [7, 11) is 0. The molecule has 0 fully saturated rings. The van der Waals surface area contributed by atoms with Gasteiger partial charge in [-0.15, -0.1) is 0 Å². The van der Waals surface area contributed by atoms with Crippen LogP contribution in [-0.2, 0) is 4.79 Å². The van der Waals surface area contributed by atoms with Crippen molar-refractivity contribution >= 4 is 11.6 Å². The topological polar surface area (TPSA) is 34.1 Å². The minimum atomic E-state index is -0.813. The first-order valence-electron chi connectivity index (χ1n) is 5.58. The van der Waals surface area contributed by atoms with Crippen molar-refractivity contribution in [1.82, 2.24) is 0 Å². The molecule has 0 amide bonds. The Morgan fingerprint density at radius 3 is 2.18 bits per heavy atom. The Labute approximate surface area is 101 Å². The van der Waals surface area contributed by atoms with Crippen LogP contribution >= 0.6 is 0 Å². The van der Waals surface area contributed by atoms with Gasteiger partial charge in [-0.3, -0.25) is 9.59 Å². The highest BCUT2D eigenvalue weighted by atomic mass is 19.1. The molecule has 0 aliphatic rings. The molecule has 0 aliphatic carbocycles. The van der Waals surface area contributed by atoms with Crippen molar-refractivity contribution in [2.45, 2.75) is 27.7 Å². The Morgan fingerprint density at radius 2 is 1.71 bits per heavy atom. The van der Waals surface area contributed by atoms with Gasteiger partial charge in [0.25, 0.3) is 0 Å². The summed E-state index contributed by atoms with van der Waals surface area (Å²) < 4.78 is 13.4. The zero-order valence-electron chi connectivity index (χ0n) is 10.6. The summed E-state index contributed by atoms with van der Waals surface area (Å²) >= 11 is 0. The van der Waals surface area contributed by atoms with Crippen LogP contribution in [0.2, 0.25) is 0 Å². The zero-order valence-corrected chi connectivity index (χ0v) is 10.6. The van der Waals surface area contributed by atoms with Gasteiger partial charge in [-0.05, 0) is 19.1 Å². The summed E-state index contributed by atoms with van der Waals surface area (Å²) in [5.74, 6) is -2.02. The molecule has 1 unspecified atom stereocenters. The van der Waals surface area contributed by atoms with E-state index in [1.807, 2.05) is 0 Å². The Hall–Kier alpha value is -1.51. The molecular formula is C14H17FO2. The molecule has 0 N–H and O–H groups in total. The Bertz CT molecular complexity index is 444. The van der Waals surface area contributed by atoms with Crippen LogP contribution in [0.5, 0.6) is 0 Å². The predicted molar refractivity (Wildman–Crippen MR) is 64.4 cm³/mol. The van der Waals surface area contributed by atoms with Crippen LogP contribution < -0.4 is 0 Å². The number of carbonyl (C=O) groups excluding carboxylic acids is 2. The fourth-order valence-electron chi connectivity index (χ4n) is 1.66. The van der Waals surface area contributed by atoms with Gasteiger partial charge in [-0.25, -0.2) is 4.39 Å². The van der Waals surface area contributed by atoms with Crippen molar-refractivity contribution in [2.75, 3.05) is 0 Å². The van der Waals surface area contributed by atoms with Gasteiger partial charge in [-0.1, -0.05) is 32.9 Å². The van der Waals surface area contributed by atoms with Crippen LogP contribution in [0.1, 0.15) is 38.1 Å². The lowest BCUT2D eigenvalue weighted by atomic mass is 9.81. The maximum atomic E-state index is 13.4. The molecule has 17 heavy (non-hydrogen) atoms. The second kappa shape index (κ2) is 4.78. The number of benzene rings is 1. The minimum Gasteiger partial charge on any atom is -0.298 e. The zero-order chi connectivity index (χ0) is 13.2. The third-order valence-electron chi connectivity index (χ3n) is 2.67. The molecule has 0 saturated carbocycles. The monoisotopic (exact) mass is 236 g/mol. The summed E-state index contributed by atoms with van der Waals surface area (Å²) in [6.07, 6.45) is 0. The lowest BCUT2D eigenvalue weighted by Crippen LogP contribution is -2.32. The first kappa shape index (κ1) is 13.6. The normalized spacial score (nSPS) is 13.2. The van der Waals surface area contributed by atoms with Gasteiger partial charge in [0.05, 0.1) is 11.5 Å². The number of hydrogen-bond donors (Lipinski definition) is 0. The second-order valence-corrected chi connectivity index (χ2v) is 5.18. The number of Topliss-reactive ketones (excluding diaryl/α,β-unsaturated/α-hetero) is 2. The number of ketones is 2. The quantitative estimate of drug-likeness (QED) is 0.596. The highest BCUT2D eigenvalue weighted by Gasteiger charge is 2.32. The van der Waals surface area contributed by atoms with E-state index in [0.29, 0.717) is 0 Å². The van der Waals surface area contributed by atoms with Gasteiger partial charge in [0, 0.05) is 5.41 Å². The van der Waals surface area contributed by atoms with Crippen LogP contribution in [0.25, 0.3) is 0 Å². The van der Waals surface area contributed by atoms with E-state index in [0.717, 1.165) is 0 Å². The number of halogens is 1. The third-order valence-corrected chi connectivity index (χ3v) is 2.67. The van der Waals surface area contributed by atoms with Crippen molar-refractivity contribution in [3.63, 3.8) is 0 Å². The SMILES string of the molecule is CC(C(=O)c1ccccc1F)C(=O)C(C)(C)C. The van der Waals surface area contributed by atoms with Crippen LogP contribution in [-0.4, -0.2) is 11.6 Å². The Balaban J connectivity index is 3.00. The van der Waals surface area contributed by atoms with E-state index in [-0.39, 0.29) is 11.3 Å². The highest BCUT2D eigenvalue weighted by molar-refractivity contribution is 6.11. The summed E-state index contributed by atoms with van der Waals surface area (Å²) in [5.41, 5.74) is -0.613. The minimum absolute atomic E-state index is 0.0161. The van der Waals surface area contributed by atoms with Gasteiger partial charge in [0.2, 0.25) is 0 Å². The third kappa shape index (κ3) is 2.99. The highest BCUT2D eigenvalue weighted by Crippen LogP contribution is 2.23.